The number of rotatable bonds is 15. The summed E-state index contributed by atoms with van der Waals surface area (Å²) in [6, 6.07) is 37.4. The molecule has 0 saturated carbocycles. The molecule has 7 nitrogen and oxygen atoms in total. The Morgan fingerprint density at radius 2 is 0.628 bits per heavy atom. The van der Waals surface area contributed by atoms with E-state index in [0.717, 1.165) is 0 Å². The van der Waals surface area contributed by atoms with Crippen LogP contribution < -0.4 is 0 Å². The Hall–Kier alpha value is -3.40. The first kappa shape index (κ1) is 34.1. The highest BCUT2D eigenvalue weighted by Crippen LogP contribution is 2.49. The van der Waals surface area contributed by atoms with Crippen LogP contribution in [-0.4, -0.2) is 49.6 Å². The third kappa shape index (κ3) is 8.59. The molecule has 0 aromatic heterocycles. The highest BCUT2D eigenvalue weighted by Gasteiger charge is 2.54. The van der Waals surface area contributed by atoms with Gasteiger partial charge in [0.25, 0.3) is 13.0 Å². The van der Waals surface area contributed by atoms with Crippen LogP contribution in [0.3, 0.4) is 0 Å². The van der Waals surface area contributed by atoms with Gasteiger partial charge in [-0.05, 0) is 49.9 Å². The Morgan fingerprint density at radius 1 is 0.419 bits per heavy atom. The van der Waals surface area contributed by atoms with E-state index in [0.29, 0.717) is 48.7 Å². The molecular formula is C36H44O7. The van der Waals surface area contributed by atoms with Crippen LogP contribution in [0.25, 0.3) is 0 Å². The number of hydrogen-bond acceptors (Lipinski definition) is 7. The van der Waals surface area contributed by atoms with Crippen LogP contribution in [0.15, 0.2) is 121 Å². The van der Waals surface area contributed by atoms with Crippen LogP contribution in [0.5, 0.6) is 0 Å². The van der Waals surface area contributed by atoms with E-state index < -0.39 is 24.2 Å². The predicted octanol–water partition coefficient (Wildman–Crippen LogP) is 6.57. The molecule has 0 atom stereocenters. The van der Waals surface area contributed by atoms with Crippen molar-refractivity contribution in [3.8, 4) is 0 Å². The Kier molecular flexibility index (Phi) is 14.0. The van der Waals surface area contributed by atoms with E-state index in [-0.39, 0.29) is 0 Å². The largest absolute Gasteiger partial charge is 0.377 e. The third-order valence-electron chi connectivity index (χ3n) is 6.72. The molecule has 230 valence electrons. The summed E-state index contributed by atoms with van der Waals surface area (Å²) in [4.78, 5) is 0. The highest BCUT2D eigenvalue weighted by molar-refractivity contribution is 5.50. The number of aliphatic hydroxyl groups is 2. The molecule has 0 spiro atoms. The lowest BCUT2D eigenvalue weighted by Gasteiger charge is -2.45. The molecular weight excluding hydrogens is 544 g/mol. The van der Waals surface area contributed by atoms with Gasteiger partial charge in [0.2, 0.25) is 0 Å². The Balaban J connectivity index is 0.000000289. The lowest BCUT2D eigenvalue weighted by atomic mass is 9.66. The monoisotopic (exact) mass is 588 g/mol. The fourth-order valence-corrected chi connectivity index (χ4v) is 4.77. The second-order valence-electron chi connectivity index (χ2n) is 9.42. The number of hydrogen-bond donors (Lipinski definition) is 2. The summed E-state index contributed by atoms with van der Waals surface area (Å²) in [5.74, 6) is 0. The van der Waals surface area contributed by atoms with Crippen molar-refractivity contribution in [2.45, 2.75) is 51.8 Å². The summed E-state index contributed by atoms with van der Waals surface area (Å²) in [5.41, 5.74) is -0.906. The fraction of sp³-hybridized carbons (Fsp3) is 0.333. The summed E-state index contributed by atoms with van der Waals surface area (Å²) < 4.78 is 26.1. The first-order valence-corrected chi connectivity index (χ1v) is 14.7. The van der Waals surface area contributed by atoms with Gasteiger partial charge in [-0.2, -0.15) is 0 Å². The second kappa shape index (κ2) is 17.7. The Bertz CT molecular complexity index is 1080. The molecule has 0 unspecified atom stereocenters. The Morgan fingerprint density at radius 3 is 0.814 bits per heavy atom. The maximum atomic E-state index is 12.3. The van der Waals surface area contributed by atoms with E-state index in [9.17, 15) is 10.2 Å². The van der Waals surface area contributed by atoms with Gasteiger partial charge in [-0.25, -0.2) is 0 Å². The molecule has 0 aliphatic carbocycles. The molecule has 0 bridgehead atoms. The third-order valence-corrected chi connectivity index (χ3v) is 6.72. The minimum atomic E-state index is -1.70. The van der Waals surface area contributed by atoms with Crippen molar-refractivity contribution < 1.29 is 33.9 Å². The van der Waals surface area contributed by atoms with Crippen molar-refractivity contribution in [3.63, 3.8) is 0 Å². The van der Waals surface area contributed by atoms with Crippen molar-refractivity contribution in [1.82, 2.24) is 0 Å². The minimum absolute atomic E-state index is 0.510. The molecule has 2 N–H and O–H groups in total. The topological polar surface area (TPSA) is 86.6 Å². The lowest BCUT2D eigenvalue weighted by molar-refractivity contribution is -0.395. The van der Waals surface area contributed by atoms with E-state index in [4.69, 9.17) is 23.7 Å². The van der Waals surface area contributed by atoms with Crippen LogP contribution in [0.4, 0.5) is 0 Å². The summed E-state index contributed by atoms with van der Waals surface area (Å²) >= 11 is 0. The normalized spacial score (nSPS) is 11.8. The number of benzene rings is 4. The van der Waals surface area contributed by atoms with E-state index in [2.05, 4.69) is 0 Å². The first-order valence-electron chi connectivity index (χ1n) is 14.7. The summed E-state index contributed by atoms with van der Waals surface area (Å²) in [6.45, 7) is 8.04. The zero-order valence-corrected chi connectivity index (χ0v) is 25.5. The van der Waals surface area contributed by atoms with Crippen LogP contribution in [0, 0.1) is 0 Å². The standard InChI is InChI=1S/C26H22O2.C10H22O5/c27-25(21-13-5-1-6-14-21,22-15-7-2-8-16-22)26(28,23-17-9-3-10-18-23)24-19-11-4-12-20-24;1-5-11-9(12-6-2)15-10(13-7-3)14-8-4/h1-20,27-28H;9-10H,5-8H2,1-4H3. The molecule has 0 amide bonds. The zero-order chi connectivity index (χ0) is 31.0. The van der Waals surface area contributed by atoms with Gasteiger partial charge in [0.15, 0.2) is 11.2 Å². The van der Waals surface area contributed by atoms with E-state index in [1.807, 2.05) is 149 Å². The van der Waals surface area contributed by atoms with E-state index >= 15 is 0 Å². The second-order valence-corrected chi connectivity index (χ2v) is 9.42. The molecule has 0 aliphatic rings. The lowest BCUT2D eigenvalue weighted by Crippen LogP contribution is -2.51. The zero-order valence-electron chi connectivity index (χ0n) is 25.5. The molecule has 7 heteroatoms. The maximum absolute atomic E-state index is 12.3. The number of ether oxygens (including phenoxy) is 5. The highest BCUT2D eigenvalue weighted by atomic mass is 16.9. The molecule has 0 saturated heterocycles. The van der Waals surface area contributed by atoms with E-state index in [1.54, 1.807) is 0 Å². The smallest absolute Gasteiger partial charge is 0.275 e. The first-order chi connectivity index (χ1) is 20.9. The summed E-state index contributed by atoms with van der Waals surface area (Å²) in [6.07, 6.45) is 0. The minimum Gasteiger partial charge on any atom is -0.377 e. The van der Waals surface area contributed by atoms with Gasteiger partial charge in [-0.15, -0.1) is 0 Å². The maximum Gasteiger partial charge on any atom is 0.275 e. The molecule has 0 aliphatic heterocycles. The molecule has 4 aromatic carbocycles. The predicted molar refractivity (Wildman–Crippen MR) is 167 cm³/mol. The van der Waals surface area contributed by atoms with Crippen molar-refractivity contribution in [3.05, 3.63) is 144 Å². The van der Waals surface area contributed by atoms with E-state index in [1.165, 1.54) is 0 Å². The van der Waals surface area contributed by atoms with Crippen molar-refractivity contribution >= 4 is 0 Å². The Labute approximate surface area is 255 Å². The quantitative estimate of drug-likeness (QED) is 0.152. The van der Waals surface area contributed by atoms with Crippen LogP contribution in [0.1, 0.15) is 49.9 Å². The molecule has 43 heavy (non-hydrogen) atoms. The van der Waals surface area contributed by atoms with Gasteiger partial charge in [-0.3, -0.25) is 4.74 Å². The fourth-order valence-electron chi connectivity index (χ4n) is 4.77. The SMILES string of the molecule is CCOC(OCC)OC(OCC)OCC.OC(c1ccccc1)(c1ccccc1)C(O)(c1ccccc1)c1ccccc1. The summed E-state index contributed by atoms with van der Waals surface area (Å²) in [7, 11) is 0. The van der Waals surface area contributed by atoms with Gasteiger partial charge in [0.05, 0.1) is 0 Å². The van der Waals surface area contributed by atoms with Crippen molar-refractivity contribution in [2.75, 3.05) is 26.4 Å². The van der Waals surface area contributed by atoms with Gasteiger partial charge in [0, 0.05) is 26.4 Å². The molecule has 4 aromatic rings. The molecule has 4 rings (SSSR count). The molecule has 0 heterocycles. The van der Waals surface area contributed by atoms with Crippen LogP contribution >= 0.6 is 0 Å². The van der Waals surface area contributed by atoms with Gasteiger partial charge < -0.3 is 29.2 Å². The van der Waals surface area contributed by atoms with Gasteiger partial charge in [0.1, 0.15) is 0 Å². The van der Waals surface area contributed by atoms with Crippen LogP contribution in [0.2, 0.25) is 0 Å². The average Bonchev–Trinajstić information content (AvgIpc) is 3.06. The van der Waals surface area contributed by atoms with Gasteiger partial charge >= 0.3 is 0 Å². The van der Waals surface area contributed by atoms with Crippen molar-refractivity contribution in [1.29, 1.82) is 0 Å². The van der Waals surface area contributed by atoms with Crippen molar-refractivity contribution in [2.24, 2.45) is 0 Å². The summed E-state index contributed by atoms with van der Waals surface area (Å²) in [5, 5.41) is 24.7. The van der Waals surface area contributed by atoms with Gasteiger partial charge in [-0.1, -0.05) is 121 Å². The molecule has 0 radical (unpaired) electrons. The average molecular weight is 589 g/mol. The molecule has 0 fully saturated rings. The van der Waals surface area contributed by atoms with Crippen LogP contribution in [-0.2, 0) is 34.9 Å².